The fourth-order valence-electron chi connectivity index (χ4n) is 3.56. The van der Waals surface area contributed by atoms with E-state index >= 15 is 0 Å². The third-order valence-electron chi connectivity index (χ3n) is 5.30. The minimum absolute atomic E-state index is 0.199. The number of anilines is 2. The summed E-state index contributed by atoms with van der Waals surface area (Å²) in [6.45, 7) is 6.71. The number of morpholine rings is 1. The highest BCUT2D eigenvalue weighted by atomic mass is 31.0. The lowest BCUT2D eigenvalue weighted by molar-refractivity contribution is 0.102. The van der Waals surface area contributed by atoms with Crippen LogP contribution in [0, 0.1) is 0 Å². The Labute approximate surface area is 192 Å². The van der Waals surface area contributed by atoms with Crippen LogP contribution in [0.3, 0.4) is 0 Å². The molecule has 1 fully saturated rings. The molecule has 1 N–H and O–H groups in total. The molecule has 0 saturated carbocycles. The SMILES string of the molecule is CC(C)c1ncc(C(=O)Nc2c(-c3cc(P)ccc3P)ccnc2N2CCOCC2)cn1. The molecule has 7 nitrogen and oxygen atoms in total. The maximum absolute atomic E-state index is 13.2. The van der Waals surface area contributed by atoms with Gasteiger partial charge in [0, 0.05) is 43.2 Å². The summed E-state index contributed by atoms with van der Waals surface area (Å²) in [5, 5.41) is 5.21. The van der Waals surface area contributed by atoms with Crippen LogP contribution in [0.1, 0.15) is 35.9 Å². The molecule has 166 valence electrons. The normalized spacial score (nSPS) is 14.0. The Morgan fingerprint density at radius 1 is 1.06 bits per heavy atom. The number of rotatable bonds is 5. The van der Waals surface area contributed by atoms with E-state index in [1.807, 2.05) is 32.0 Å². The molecule has 1 aliphatic rings. The number of carbonyl (C=O) groups excluding carboxylic acids is 1. The van der Waals surface area contributed by atoms with E-state index in [-0.39, 0.29) is 11.8 Å². The maximum Gasteiger partial charge on any atom is 0.258 e. The molecule has 0 bridgehead atoms. The third-order valence-corrected chi connectivity index (χ3v) is 6.16. The predicted octanol–water partition coefficient (Wildman–Crippen LogP) is 2.75. The van der Waals surface area contributed by atoms with E-state index in [1.165, 1.54) is 0 Å². The van der Waals surface area contributed by atoms with Crippen molar-refractivity contribution < 1.29 is 9.53 Å². The van der Waals surface area contributed by atoms with Crippen molar-refractivity contribution in [1.29, 1.82) is 0 Å². The van der Waals surface area contributed by atoms with Gasteiger partial charge in [-0.25, -0.2) is 15.0 Å². The first-order valence-electron chi connectivity index (χ1n) is 10.5. The van der Waals surface area contributed by atoms with E-state index in [9.17, 15) is 4.79 Å². The molecule has 1 aliphatic heterocycles. The highest BCUT2D eigenvalue weighted by Gasteiger charge is 2.22. The monoisotopic (exact) mass is 467 g/mol. The van der Waals surface area contributed by atoms with E-state index in [0.29, 0.717) is 43.4 Å². The number of benzene rings is 1. The number of amides is 1. The Kier molecular flexibility index (Phi) is 7.10. The van der Waals surface area contributed by atoms with Gasteiger partial charge < -0.3 is 15.0 Å². The van der Waals surface area contributed by atoms with E-state index in [4.69, 9.17) is 4.74 Å². The van der Waals surface area contributed by atoms with Gasteiger partial charge in [0.15, 0.2) is 5.82 Å². The number of nitrogens with zero attached hydrogens (tertiary/aromatic N) is 4. The largest absolute Gasteiger partial charge is 0.378 e. The molecule has 1 amide bonds. The Morgan fingerprint density at radius 3 is 2.47 bits per heavy atom. The highest BCUT2D eigenvalue weighted by Crippen LogP contribution is 2.35. The molecule has 32 heavy (non-hydrogen) atoms. The zero-order valence-electron chi connectivity index (χ0n) is 18.2. The van der Waals surface area contributed by atoms with E-state index in [1.54, 1.807) is 18.6 Å². The number of nitrogens with one attached hydrogen (secondary N) is 1. The summed E-state index contributed by atoms with van der Waals surface area (Å²) >= 11 is 0. The summed E-state index contributed by atoms with van der Waals surface area (Å²) in [6, 6.07) is 8.10. The molecule has 0 spiro atoms. The maximum atomic E-state index is 13.2. The van der Waals surface area contributed by atoms with Crippen molar-refractivity contribution >= 4 is 46.5 Å². The van der Waals surface area contributed by atoms with Crippen molar-refractivity contribution in [3.8, 4) is 11.1 Å². The number of hydrogen-bond acceptors (Lipinski definition) is 6. The van der Waals surface area contributed by atoms with Crippen molar-refractivity contribution in [1.82, 2.24) is 15.0 Å². The summed E-state index contributed by atoms with van der Waals surface area (Å²) in [4.78, 5) is 28.7. The van der Waals surface area contributed by atoms with Gasteiger partial charge in [-0.2, -0.15) is 0 Å². The lowest BCUT2D eigenvalue weighted by atomic mass is 10.0. The fraction of sp³-hybridized carbons (Fsp3) is 0.304. The van der Waals surface area contributed by atoms with Crippen LogP contribution in [0.25, 0.3) is 11.1 Å². The second-order valence-electron chi connectivity index (χ2n) is 7.94. The number of hydrogen-bond donors (Lipinski definition) is 1. The van der Waals surface area contributed by atoms with E-state index < -0.39 is 0 Å². The first-order chi connectivity index (χ1) is 15.4. The molecular weight excluding hydrogens is 440 g/mol. The van der Waals surface area contributed by atoms with Crippen molar-refractivity contribution in [2.45, 2.75) is 19.8 Å². The molecule has 2 unspecified atom stereocenters. The standard InChI is InChI=1S/C23H27N5O2P2/c1-14(2)21-25-12-15(13-26-21)23(29)27-20-17(18-11-16(31)3-4-19(18)32)5-6-24-22(20)28-7-9-30-10-8-28/h3-6,11-14H,7-10,31-32H2,1-2H3,(H,27,29). The smallest absolute Gasteiger partial charge is 0.258 e. The summed E-state index contributed by atoms with van der Waals surface area (Å²) in [6.07, 6.45) is 4.94. The predicted molar refractivity (Wildman–Crippen MR) is 135 cm³/mol. The van der Waals surface area contributed by atoms with Gasteiger partial charge in [-0.3, -0.25) is 4.79 Å². The van der Waals surface area contributed by atoms with Gasteiger partial charge in [0.1, 0.15) is 5.82 Å². The van der Waals surface area contributed by atoms with Crippen LogP contribution < -0.4 is 20.8 Å². The molecule has 3 aromatic rings. The first kappa shape index (κ1) is 22.7. The lowest BCUT2D eigenvalue weighted by Crippen LogP contribution is -2.37. The fourth-order valence-corrected chi connectivity index (χ4v) is 4.16. The number of ether oxygens (including phenoxy) is 1. The molecular formula is C23H27N5O2P2. The Balaban J connectivity index is 1.77. The molecule has 1 aromatic carbocycles. The average molecular weight is 467 g/mol. The van der Waals surface area contributed by atoms with Crippen molar-refractivity contribution in [3.05, 3.63) is 54.2 Å². The van der Waals surface area contributed by atoms with Crippen LogP contribution in [0.4, 0.5) is 11.5 Å². The first-order valence-corrected chi connectivity index (χ1v) is 11.7. The second-order valence-corrected chi connectivity index (χ2v) is 9.23. The topological polar surface area (TPSA) is 80.2 Å². The Hall–Kier alpha value is -2.46. The van der Waals surface area contributed by atoms with Crippen molar-refractivity contribution in [2.75, 3.05) is 36.5 Å². The van der Waals surface area contributed by atoms with Crippen molar-refractivity contribution in [2.24, 2.45) is 0 Å². The van der Waals surface area contributed by atoms with Gasteiger partial charge >= 0.3 is 0 Å². The number of aromatic nitrogens is 3. The van der Waals surface area contributed by atoms with Crippen LogP contribution in [-0.4, -0.2) is 47.2 Å². The number of pyridine rings is 1. The Morgan fingerprint density at radius 2 is 1.78 bits per heavy atom. The van der Waals surface area contributed by atoms with Crippen LogP contribution in [0.15, 0.2) is 42.9 Å². The van der Waals surface area contributed by atoms with Crippen molar-refractivity contribution in [3.63, 3.8) is 0 Å². The van der Waals surface area contributed by atoms with Gasteiger partial charge in [0.05, 0.1) is 24.5 Å². The zero-order valence-corrected chi connectivity index (χ0v) is 20.5. The Bertz CT molecular complexity index is 1120. The summed E-state index contributed by atoms with van der Waals surface area (Å²) in [7, 11) is 5.50. The second kappa shape index (κ2) is 9.99. The van der Waals surface area contributed by atoms with Crippen LogP contribution in [0.2, 0.25) is 0 Å². The van der Waals surface area contributed by atoms with Crippen LogP contribution in [-0.2, 0) is 4.74 Å². The van der Waals surface area contributed by atoms with E-state index in [0.717, 1.165) is 27.6 Å². The van der Waals surface area contributed by atoms with Gasteiger partial charge in [0.25, 0.3) is 5.91 Å². The molecule has 0 radical (unpaired) electrons. The minimum Gasteiger partial charge on any atom is -0.378 e. The molecule has 4 rings (SSSR count). The van der Waals surface area contributed by atoms with Crippen LogP contribution in [0.5, 0.6) is 0 Å². The molecule has 1 saturated heterocycles. The summed E-state index contributed by atoms with van der Waals surface area (Å²) in [5.41, 5.74) is 3.00. The molecule has 0 aliphatic carbocycles. The minimum atomic E-state index is -0.267. The summed E-state index contributed by atoms with van der Waals surface area (Å²) in [5.74, 6) is 1.38. The zero-order chi connectivity index (χ0) is 22.7. The van der Waals surface area contributed by atoms with Gasteiger partial charge in [-0.15, -0.1) is 18.5 Å². The van der Waals surface area contributed by atoms with Crippen LogP contribution >= 0.6 is 18.5 Å². The summed E-state index contributed by atoms with van der Waals surface area (Å²) < 4.78 is 5.51. The highest BCUT2D eigenvalue weighted by molar-refractivity contribution is 7.28. The van der Waals surface area contributed by atoms with E-state index in [2.05, 4.69) is 49.7 Å². The number of carbonyl (C=O) groups is 1. The van der Waals surface area contributed by atoms with Gasteiger partial charge in [-0.05, 0) is 28.3 Å². The van der Waals surface area contributed by atoms with Gasteiger partial charge in [-0.1, -0.05) is 26.0 Å². The third kappa shape index (κ3) is 4.96. The molecule has 2 aromatic heterocycles. The molecule has 9 heteroatoms. The van der Waals surface area contributed by atoms with Gasteiger partial charge in [0.2, 0.25) is 0 Å². The molecule has 3 heterocycles. The quantitative estimate of drug-likeness (QED) is 0.582. The molecule has 2 atom stereocenters. The average Bonchev–Trinajstić information content (AvgIpc) is 2.81. The lowest BCUT2D eigenvalue weighted by Gasteiger charge is -2.30.